The molecular formula is C17H27N3O. The smallest absolute Gasteiger partial charge is 0.192 e. The monoisotopic (exact) mass is 289 g/mol. The summed E-state index contributed by atoms with van der Waals surface area (Å²) < 4.78 is 5.65. The zero-order valence-corrected chi connectivity index (χ0v) is 13.6. The second kappa shape index (κ2) is 6.37. The number of nitrogens with two attached hydrogens (primary N) is 1. The van der Waals surface area contributed by atoms with E-state index in [1.807, 2.05) is 12.1 Å². The third-order valence-corrected chi connectivity index (χ3v) is 3.92. The number of hydrogen-bond acceptors (Lipinski definition) is 4. The summed E-state index contributed by atoms with van der Waals surface area (Å²) >= 11 is 0. The van der Waals surface area contributed by atoms with E-state index in [4.69, 9.17) is 10.5 Å². The molecular weight excluding hydrogens is 262 g/mol. The van der Waals surface area contributed by atoms with Gasteiger partial charge in [-0.1, -0.05) is 32.9 Å². The highest BCUT2D eigenvalue weighted by molar-refractivity contribution is 5.81. The van der Waals surface area contributed by atoms with Crippen LogP contribution in [0.4, 0.5) is 0 Å². The first-order chi connectivity index (χ1) is 9.97. The summed E-state index contributed by atoms with van der Waals surface area (Å²) in [6, 6.07) is 8.34. The quantitative estimate of drug-likeness (QED) is 0.876. The summed E-state index contributed by atoms with van der Waals surface area (Å²) in [5.41, 5.74) is 7.16. The summed E-state index contributed by atoms with van der Waals surface area (Å²) in [5.74, 6) is 2.12. The molecule has 0 radical (unpaired) electrons. The Labute approximate surface area is 128 Å². The van der Waals surface area contributed by atoms with Gasteiger partial charge in [0.25, 0.3) is 0 Å². The van der Waals surface area contributed by atoms with Crippen molar-refractivity contribution in [2.45, 2.75) is 39.7 Å². The van der Waals surface area contributed by atoms with Crippen molar-refractivity contribution in [3.05, 3.63) is 29.8 Å². The number of guanidine groups is 1. The van der Waals surface area contributed by atoms with Crippen LogP contribution in [-0.4, -0.2) is 30.6 Å². The van der Waals surface area contributed by atoms with Gasteiger partial charge in [-0.05, 0) is 37.0 Å². The molecule has 0 spiro atoms. The fourth-order valence-electron chi connectivity index (χ4n) is 2.70. The molecule has 4 nitrogen and oxygen atoms in total. The van der Waals surface area contributed by atoms with Gasteiger partial charge in [-0.25, -0.2) is 0 Å². The van der Waals surface area contributed by atoms with E-state index < -0.39 is 0 Å². The zero-order chi connectivity index (χ0) is 15.5. The van der Waals surface area contributed by atoms with E-state index in [1.54, 1.807) is 0 Å². The van der Waals surface area contributed by atoms with Crippen LogP contribution in [0.15, 0.2) is 29.3 Å². The summed E-state index contributed by atoms with van der Waals surface area (Å²) in [7, 11) is 0. The Kier molecular flexibility index (Phi) is 4.76. The first-order valence-corrected chi connectivity index (χ1v) is 7.78. The summed E-state index contributed by atoms with van der Waals surface area (Å²) in [6.45, 7) is 11.1. The van der Waals surface area contributed by atoms with E-state index in [1.165, 1.54) is 5.56 Å². The second-order valence-electron chi connectivity index (χ2n) is 6.33. The molecule has 1 aromatic rings. The first-order valence-electron chi connectivity index (χ1n) is 7.78. The fraction of sp³-hybridized carbons (Fsp3) is 0.588. The number of benzene rings is 1. The molecule has 1 heterocycles. The molecule has 21 heavy (non-hydrogen) atoms. The third kappa shape index (κ3) is 3.31. The van der Waals surface area contributed by atoms with Crippen LogP contribution in [0.3, 0.4) is 0 Å². The van der Waals surface area contributed by atoms with Gasteiger partial charge in [0.2, 0.25) is 0 Å². The molecule has 0 aromatic heterocycles. The second-order valence-corrected chi connectivity index (χ2v) is 6.33. The maximum absolute atomic E-state index is 6.09. The van der Waals surface area contributed by atoms with Gasteiger partial charge in [-0.3, -0.25) is 4.99 Å². The maximum atomic E-state index is 6.09. The van der Waals surface area contributed by atoms with Crippen LogP contribution in [0, 0.1) is 5.92 Å². The Balaban J connectivity index is 2.18. The number of rotatable bonds is 6. The van der Waals surface area contributed by atoms with Crippen molar-refractivity contribution in [1.82, 2.24) is 4.90 Å². The molecule has 0 aliphatic carbocycles. The molecule has 2 N–H and O–H groups in total. The van der Waals surface area contributed by atoms with E-state index in [0.29, 0.717) is 18.4 Å². The van der Waals surface area contributed by atoms with Gasteiger partial charge in [0.15, 0.2) is 5.96 Å². The predicted octanol–water partition coefficient (Wildman–Crippen LogP) is 2.98. The fourth-order valence-corrected chi connectivity index (χ4v) is 2.70. The van der Waals surface area contributed by atoms with Gasteiger partial charge in [-0.15, -0.1) is 0 Å². The van der Waals surface area contributed by atoms with Crippen molar-refractivity contribution < 1.29 is 4.74 Å². The van der Waals surface area contributed by atoms with Crippen LogP contribution in [0.25, 0.3) is 0 Å². The number of aliphatic imine (C=N–C) groups is 1. The molecule has 0 saturated carbocycles. The van der Waals surface area contributed by atoms with E-state index in [2.05, 4.69) is 49.7 Å². The number of hydrogen-bond donors (Lipinski definition) is 1. The van der Waals surface area contributed by atoms with Crippen LogP contribution in [-0.2, 0) is 5.54 Å². The lowest BCUT2D eigenvalue weighted by atomic mass is 9.90. The minimum absolute atomic E-state index is 0.155. The predicted molar refractivity (Wildman–Crippen MR) is 87.6 cm³/mol. The van der Waals surface area contributed by atoms with Crippen molar-refractivity contribution in [2.24, 2.45) is 16.6 Å². The Bertz CT molecular complexity index is 495. The lowest BCUT2D eigenvalue weighted by Crippen LogP contribution is -2.48. The lowest BCUT2D eigenvalue weighted by molar-refractivity contribution is 0.204. The minimum atomic E-state index is -0.155. The van der Waals surface area contributed by atoms with Crippen LogP contribution in [0.1, 0.15) is 39.7 Å². The Morgan fingerprint density at radius 2 is 2.00 bits per heavy atom. The Hall–Kier alpha value is -1.71. The molecule has 4 heteroatoms. The summed E-state index contributed by atoms with van der Waals surface area (Å²) in [6.07, 6.45) is 1.02. The SMILES string of the molecule is CCCOc1ccc(C2(C)CN=C(N)N2CC(C)C)cc1. The maximum Gasteiger partial charge on any atom is 0.192 e. The van der Waals surface area contributed by atoms with E-state index in [0.717, 1.165) is 25.3 Å². The van der Waals surface area contributed by atoms with E-state index in [9.17, 15) is 0 Å². The number of nitrogens with zero attached hydrogens (tertiary/aromatic N) is 2. The zero-order valence-electron chi connectivity index (χ0n) is 13.6. The molecule has 0 amide bonds. The Morgan fingerprint density at radius 3 is 2.57 bits per heavy atom. The molecule has 116 valence electrons. The average molecular weight is 289 g/mol. The number of ether oxygens (including phenoxy) is 1. The molecule has 1 aromatic carbocycles. The van der Waals surface area contributed by atoms with E-state index in [-0.39, 0.29) is 5.54 Å². The van der Waals surface area contributed by atoms with Crippen molar-refractivity contribution in [2.75, 3.05) is 19.7 Å². The van der Waals surface area contributed by atoms with Crippen LogP contribution < -0.4 is 10.5 Å². The summed E-state index contributed by atoms with van der Waals surface area (Å²) in [5, 5.41) is 0. The molecule has 0 bridgehead atoms. The average Bonchev–Trinajstić information content (AvgIpc) is 2.75. The highest BCUT2D eigenvalue weighted by atomic mass is 16.5. The van der Waals surface area contributed by atoms with E-state index >= 15 is 0 Å². The summed E-state index contributed by atoms with van der Waals surface area (Å²) in [4.78, 5) is 6.68. The van der Waals surface area contributed by atoms with Gasteiger partial charge >= 0.3 is 0 Å². The van der Waals surface area contributed by atoms with Crippen molar-refractivity contribution >= 4 is 5.96 Å². The molecule has 1 atom stereocenters. The molecule has 1 unspecified atom stereocenters. The van der Waals surface area contributed by atoms with Gasteiger partial charge in [0, 0.05) is 6.54 Å². The van der Waals surface area contributed by atoms with Gasteiger partial charge in [0.05, 0.1) is 18.7 Å². The van der Waals surface area contributed by atoms with Crippen molar-refractivity contribution in [3.8, 4) is 5.75 Å². The van der Waals surface area contributed by atoms with Crippen LogP contribution in [0.5, 0.6) is 5.75 Å². The standard InChI is InChI=1S/C17H27N3O/c1-5-10-21-15-8-6-14(7-9-15)17(4)12-19-16(18)20(17)11-13(2)3/h6-9,13H,5,10-12H2,1-4H3,(H2,18,19). The molecule has 1 aliphatic heterocycles. The highest BCUT2D eigenvalue weighted by Crippen LogP contribution is 2.34. The highest BCUT2D eigenvalue weighted by Gasteiger charge is 2.39. The largest absolute Gasteiger partial charge is 0.494 e. The lowest BCUT2D eigenvalue weighted by Gasteiger charge is -2.37. The minimum Gasteiger partial charge on any atom is -0.494 e. The van der Waals surface area contributed by atoms with Crippen molar-refractivity contribution in [3.63, 3.8) is 0 Å². The third-order valence-electron chi connectivity index (χ3n) is 3.92. The molecule has 1 aliphatic rings. The molecule has 2 rings (SSSR count). The van der Waals surface area contributed by atoms with Gasteiger partial charge in [-0.2, -0.15) is 0 Å². The Morgan fingerprint density at radius 1 is 1.33 bits per heavy atom. The van der Waals surface area contributed by atoms with Crippen molar-refractivity contribution in [1.29, 1.82) is 0 Å². The van der Waals surface area contributed by atoms with Crippen LogP contribution >= 0.6 is 0 Å². The van der Waals surface area contributed by atoms with Gasteiger partial charge < -0.3 is 15.4 Å². The topological polar surface area (TPSA) is 50.9 Å². The first kappa shape index (κ1) is 15.7. The normalized spacial score (nSPS) is 21.8. The molecule has 0 saturated heterocycles. The molecule has 0 fully saturated rings. The van der Waals surface area contributed by atoms with Crippen LogP contribution in [0.2, 0.25) is 0 Å². The van der Waals surface area contributed by atoms with Gasteiger partial charge in [0.1, 0.15) is 5.75 Å².